The number of anilines is 1. The summed E-state index contributed by atoms with van der Waals surface area (Å²) >= 11 is 0. The fourth-order valence-electron chi connectivity index (χ4n) is 3.77. The Balaban J connectivity index is 0.00000225. The van der Waals surface area contributed by atoms with Gasteiger partial charge in [0.15, 0.2) is 0 Å². The topological polar surface area (TPSA) is 61.4 Å². The molecule has 2 N–H and O–H groups in total. The lowest BCUT2D eigenvalue weighted by atomic mass is 9.99. The van der Waals surface area contributed by atoms with E-state index in [0.717, 1.165) is 17.7 Å². The number of likely N-dealkylation sites (tertiary alicyclic amines) is 1. The second kappa shape index (κ2) is 8.71. The van der Waals surface area contributed by atoms with E-state index in [4.69, 9.17) is 0 Å². The Morgan fingerprint density at radius 3 is 2.79 bits per heavy atom. The molecule has 148 valence electrons. The van der Waals surface area contributed by atoms with E-state index >= 15 is 0 Å². The maximum atomic E-state index is 14.7. The predicted octanol–water partition coefficient (Wildman–Crippen LogP) is 2.88. The highest BCUT2D eigenvalue weighted by molar-refractivity contribution is 5.97. The van der Waals surface area contributed by atoms with Crippen LogP contribution in [0.2, 0.25) is 0 Å². The van der Waals surface area contributed by atoms with Crippen LogP contribution in [-0.4, -0.2) is 29.8 Å². The third kappa shape index (κ3) is 4.18. The lowest BCUT2D eigenvalue weighted by Gasteiger charge is -2.20. The number of rotatable bonds is 4. The smallest absolute Gasteiger partial charge is 0.229 e. The summed E-state index contributed by atoms with van der Waals surface area (Å²) in [4.78, 5) is 26.6. The van der Waals surface area contributed by atoms with E-state index in [1.165, 1.54) is 0 Å². The Bertz CT molecular complexity index is 875. The standard InChI is InChI=1S/C21H22FN3O2.ClH/c22-20-17-8-9-23-11-15(17)6-7-18(20)24-21(27)16-10-19(26)25(13-16)12-14-4-2-1-3-5-14;/h1-7,16,23H,8-13H2,(H,24,27);1H. The van der Waals surface area contributed by atoms with E-state index in [1.807, 2.05) is 36.4 Å². The molecule has 7 heteroatoms. The summed E-state index contributed by atoms with van der Waals surface area (Å²) < 4.78 is 14.7. The predicted molar refractivity (Wildman–Crippen MR) is 108 cm³/mol. The van der Waals surface area contributed by atoms with Crippen LogP contribution in [0.3, 0.4) is 0 Å². The van der Waals surface area contributed by atoms with Crippen molar-refractivity contribution in [2.24, 2.45) is 5.92 Å². The number of nitrogens with one attached hydrogen (secondary N) is 2. The van der Waals surface area contributed by atoms with Crippen LogP contribution in [0, 0.1) is 11.7 Å². The van der Waals surface area contributed by atoms with E-state index < -0.39 is 5.92 Å². The van der Waals surface area contributed by atoms with Crippen molar-refractivity contribution in [3.63, 3.8) is 0 Å². The van der Waals surface area contributed by atoms with Gasteiger partial charge in [0, 0.05) is 26.1 Å². The molecule has 2 heterocycles. The van der Waals surface area contributed by atoms with Crippen molar-refractivity contribution < 1.29 is 14.0 Å². The highest BCUT2D eigenvalue weighted by atomic mass is 35.5. The summed E-state index contributed by atoms with van der Waals surface area (Å²) in [5.41, 5.74) is 2.83. The minimum absolute atomic E-state index is 0. The van der Waals surface area contributed by atoms with Crippen molar-refractivity contribution in [2.75, 3.05) is 18.4 Å². The SMILES string of the molecule is Cl.O=C(Nc1ccc2c(c1F)CCNC2)C1CC(=O)N(Cc2ccccc2)C1. The quantitative estimate of drug-likeness (QED) is 0.825. The zero-order chi connectivity index (χ0) is 18.8. The first kappa shape index (κ1) is 20.3. The van der Waals surface area contributed by atoms with Crippen LogP contribution in [0.15, 0.2) is 42.5 Å². The van der Waals surface area contributed by atoms with E-state index in [2.05, 4.69) is 10.6 Å². The molecule has 2 aromatic carbocycles. The van der Waals surface area contributed by atoms with Gasteiger partial charge in [-0.25, -0.2) is 4.39 Å². The van der Waals surface area contributed by atoms with Gasteiger partial charge in [0.05, 0.1) is 11.6 Å². The van der Waals surface area contributed by atoms with Crippen molar-refractivity contribution in [3.8, 4) is 0 Å². The summed E-state index contributed by atoms with van der Waals surface area (Å²) in [6.07, 6.45) is 0.771. The van der Waals surface area contributed by atoms with E-state index in [9.17, 15) is 14.0 Å². The summed E-state index contributed by atoms with van der Waals surface area (Å²) in [6.45, 7) is 2.22. The molecule has 1 atom stereocenters. The highest BCUT2D eigenvalue weighted by Gasteiger charge is 2.34. The van der Waals surface area contributed by atoms with Crippen molar-refractivity contribution in [2.45, 2.75) is 25.9 Å². The van der Waals surface area contributed by atoms with Crippen molar-refractivity contribution in [1.82, 2.24) is 10.2 Å². The van der Waals surface area contributed by atoms with Crippen LogP contribution < -0.4 is 10.6 Å². The molecular weight excluding hydrogens is 381 g/mol. The molecule has 1 saturated heterocycles. The van der Waals surface area contributed by atoms with Gasteiger partial charge in [-0.1, -0.05) is 36.4 Å². The molecule has 1 unspecified atom stereocenters. The Labute approximate surface area is 169 Å². The molecule has 4 rings (SSSR count). The van der Waals surface area contributed by atoms with Gasteiger partial charge in [0.1, 0.15) is 5.82 Å². The van der Waals surface area contributed by atoms with Gasteiger partial charge < -0.3 is 15.5 Å². The third-order valence-electron chi connectivity index (χ3n) is 5.27. The average molecular weight is 404 g/mol. The molecule has 1 fully saturated rings. The van der Waals surface area contributed by atoms with Crippen LogP contribution >= 0.6 is 12.4 Å². The third-order valence-corrected chi connectivity index (χ3v) is 5.27. The molecule has 0 aliphatic carbocycles. The second-order valence-electron chi connectivity index (χ2n) is 7.14. The van der Waals surface area contributed by atoms with Crippen LogP contribution in [0.25, 0.3) is 0 Å². The second-order valence-corrected chi connectivity index (χ2v) is 7.14. The van der Waals surface area contributed by atoms with Crippen molar-refractivity contribution in [1.29, 1.82) is 0 Å². The van der Waals surface area contributed by atoms with Crippen LogP contribution in [0.4, 0.5) is 10.1 Å². The number of nitrogens with zero attached hydrogens (tertiary/aromatic N) is 1. The Morgan fingerprint density at radius 2 is 2.00 bits per heavy atom. The zero-order valence-electron chi connectivity index (χ0n) is 15.4. The molecule has 0 radical (unpaired) electrons. The molecule has 0 spiro atoms. The number of halogens is 2. The number of carbonyl (C=O) groups excluding carboxylic acids is 2. The van der Waals surface area contributed by atoms with Gasteiger partial charge in [0.2, 0.25) is 11.8 Å². The number of amides is 2. The number of benzene rings is 2. The number of fused-ring (bicyclic) bond motifs is 1. The maximum absolute atomic E-state index is 14.7. The van der Waals surface area contributed by atoms with Gasteiger partial charge in [-0.3, -0.25) is 9.59 Å². The Morgan fingerprint density at radius 1 is 1.21 bits per heavy atom. The van der Waals surface area contributed by atoms with E-state index in [-0.39, 0.29) is 42.1 Å². The first-order valence-electron chi connectivity index (χ1n) is 9.25. The van der Waals surface area contributed by atoms with Crippen molar-refractivity contribution in [3.05, 3.63) is 65.0 Å². The maximum Gasteiger partial charge on any atom is 0.229 e. The zero-order valence-corrected chi connectivity index (χ0v) is 16.2. The molecule has 2 aliphatic rings. The van der Waals surface area contributed by atoms with Gasteiger partial charge >= 0.3 is 0 Å². The minimum Gasteiger partial charge on any atom is -0.338 e. The molecule has 0 aromatic heterocycles. The summed E-state index contributed by atoms with van der Waals surface area (Å²) in [5.74, 6) is -1.16. The molecule has 0 saturated carbocycles. The normalized spacial score (nSPS) is 18.4. The van der Waals surface area contributed by atoms with Gasteiger partial charge in [-0.05, 0) is 35.7 Å². The lowest BCUT2D eigenvalue weighted by molar-refractivity contribution is -0.128. The largest absolute Gasteiger partial charge is 0.338 e. The highest BCUT2D eigenvalue weighted by Crippen LogP contribution is 2.27. The summed E-state index contributed by atoms with van der Waals surface area (Å²) in [5, 5.41) is 5.90. The van der Waals surface area contributed by atoms with Crippen LogP contribution in [-0.2, 0) is 29.1 Å². The number of carbonyl (C=O) groups is 2. The fraction of sp³-hybridized carbons (Fsp3) is 0.333. The molecule has 2 aromatic rings. The summed E-state index contributed by atoms with van der Waals surface area (Å²) in [7, 11) is 0. The first-order valence-corrected chi connectivity index (χ1v) is 9.25. The number of hydrogen-bond acceptors (Lipinski definition) is 3. The Hall–Kier alpha value is -2.44. The first-order chi connectivity index (χ1) is 13.1. The molecular formula is C21H23ClFN3O2. The fourth-order valence-corrected chi connectivity index (χ4v) is 3.77. The molecule has 0 bridgehead atoms. The minimum atomic E-state index is -0.460. The van der Waals surface area contributed by atoms with Crippen LogP contribution in [0.5, 0.6) is 0 Å². The molecule has 5 nitrogen and oxygen atoms in total. The monoisotopic (exact) mass is 403 g/mol. The Kier molecular flexibility index (Phi) is 6.31. The molecule has 2 amide bonds. The van der Waals surface area contributed by atoms with Crippen molar-refractivity contribution >= 4 is 29.9 Å². The van der Waals surface area contributed by atoms with Crippen LogP contribution in [0.1, 0.15) is 23.1 Å². The summed E-state index contributed by atoms with van der Waals surface area (Å²) in [6, 6.07) is 13.1. The lowest BCUT2D eigenvalue weighted by Crippen LogP contribution is -2.29. The van der Waals surface area contributed by atoms with Gasteiger partial charge in [0.25, 0.3) is 0 Å². The van der Waals surface area contributed by atoms with Gasteiger partial charge in [-0.2, -0.15) is 0 Å². The number of hydrogen-bond donors (Lipinski definition) is 2. The molecule has 28 heavy (non-hydrogen) atoms. The van der Waals surface area contributed by atoms with E-state index in [1.54, 1.807) is 11.0 Å². The average Bonchev–Trinajstić information content (AvgIpc) is 3.05. The molecule has 2 aliphatic heterocycles. The van der Waals surface area contributed by atoms with E-state index in [0.29, 0.717) is 31.6 Å². The van der Waals surface area contributed by atoms with Gasteiger partial charge in [-0.15, -0.1) is 12.4 Å².